The number of carboxylic acid groups (broad SMARTS) is 1. The van der Waals surface area contributed by atoms with E-state index in [0.717, 1.165) is 18.9 Å². The van der Waals surface area contributed by atoms with Gasteiger partial charge in [0.1, 0.15) is 17.6 Å². The molecule has 1 heterocycles. The molecule has 0 bridgehead atoms. The fourth-order valence-electron chi connectivity index (χ4n) is 2.28. The van der Waals surface area contributed by atoms with Crippen molar-refractivity contribution in [1.29, 1.82) is 0 Å². The molecule has 21 heavy (non-hydrogen) atoms. The summed E-state index contributed by atoms with van der Waals surface area (Å²) in [5.41, 5.74) is 0. The molecule has 1 aromatic carbocycles. The normalized spacial score (nSPS) is 18.4. The first-order valence-electron chi connectivity index (χ1n) is 6.59. The van der Waals surface area contributed by atoms with Gasteiger partial charge in [-0.1, -0.05) is 11.6 Å². The predicted molar refractivity (Wildman–Crippen MR) is 73.9 cm³/mol. The van der Waals surface area contributed by atoms with Crippen LogP contribution in [0.15, 0.2) is 18.2 Å². The van der Waals surface area contributed by atoms with E-state index < -0.39 is 23.7 Å². The predicted octanol–water partition coefficient (Wildman–Crippen LogP) is 2.32. The van der Waals surface area contributed by atoms with Crippen molar-refractivity contribution in [3.63, 3.8) is 0 Å². The molecule has 5 nitrogen and oxygen atoms in total. The van der Waals surface area contributed by atoms with Gasteiger partial charge in [0.15, 0.2) is 6.61 Å². The fraction of sp³-hybridized carbons (Fsp3) is 0.429. The summed E-state index contributed by atoms with van der Waals surface area (Å²) < 4.78 is 18.3. The molecule has 1 aliphatic heterocycles. The van der Waals surface area contributed by atoms with E-state index in [4.69, 9.17) is 21.4 Å². The molecule has 0 aliphatic carbocycles. The number of hydrogen-bond acceptors (Lipinski definition) is 3. The molecule has 1 amide bonds. The second kappa shape index (κ2) is 6.76. The molecule has 1 aromatic rings. The molecular weight excluding hydrogens is 301 g/mol. The second-order valence-electron chi connectivity index (χ2n) is 4.80. The van der Waals surface area contributed by atoms with Crippen molar-refractivity contribution >= 4 is 23.5 Å². The number of rotatable bonds is 4. The maximum absolute atomic E-state index is 13.0. The third kappa shape index (κ3) is 3.85. The van der Waals surface area contributed by atoms with Gasteiger partial charge in [-0.15, -0.1) is 0 Å². The molecule has 0 saturated carbocycles. The third-order valence-electron chi connectivity index (χ3n) is 3.36. The van der Waals surface area contributed by atoms with Gasteiger partial charge in [-0.25, -0.2) is 9.18 Å². The van der Waals surface area contributed by atoms with Crippen molar-refractivity contribution in [1.82, 2.24) is 4.90 Å². The molecule has 114 valence electrons. The Kier molecular flexibility index (Phi) is 5.01. The van der Waals surface area contributed by atoms with Crippen LogP contribution in [0.5, 0.6) is 5.75 Å². The monoisotopic (exact) mass is 315 g/mol. The van der Waals surface area contributed by atoms with Gasteiger partial charge in [-0.3, -0.25) is 4.79 Å². The maximum Gasteiger partial charge on any atom is 0.326 e. The Morgan fingerprint density at radius 2 is 2.19 bits per heavy atom. The first-order valence-corrected chi connectivity index (χ1v) is 6.97. The third-order valence-corrected chi connectivity index (χ3v) is 3.65. The summed E-state index contributed by atoms with van der Waals surface area (Å²) in [5.74, 6) is -1.72. The second-order valence-corrected chi connectivity index (χ2v) is 5.21. The SMILES string of the molecule is O=C(O)C1CCCCN1C(=O)COc1ccc(F)c(Cl)c1. The number of carboxylic acids is 1. The van der Waals surface area contributed by atoms with E-state index in [1.165, 1.54) is 17.0 Å². The largest absolute Gasteiger partial charge is 0.484 e. The average molecular weight is 316 g/mol. The number of halogens is 2. The number of piperidine rings is 1. The van der Waals surface area contributed by atoms with Crippen LogP contribution in [-0.2, 0) is 9.59 Å². The summed E-state index contributed by atoms with van der Waals surface area (Å²) >= 11 is 5.61. The average Bonchev–Trinajstić information content (AvgIpc) is 2.48. The van der Waals surface area contributed by atoms with E-state index in [9.17, 15) is 14.0 Å². The lowest BCUT2D eigenvalue weighted by atomic mass is 10.0. The van der Waals surface area contributed by atoms with Gasteiger partial charge < -0.3 is 14.7 Å². The van der Waals surface area contributed by atoms with Gasteiger partial charge in [0.25, 0.3) is 5.91 Å². The van der Waals surface area contributed by atoms with Crippen LogP contribution in [0.25, 0.3) is 0 Å². The maximum atomic E-state index is 13.0. The van der Waals surface area contributed by atoms with Crippen molar-refractivity contribution in [3.05, 3.63) is 29.0 Å². The quantitative estimate of drug-likeness (QED) is 0.926. The van der Waals surface area contributed by atoms with Crippen LogP contribution in [0.4, 0.5) is 4.39 Å². The fourth-order valence-corrected chi connectivity index (χ4v) is 2.45. The van der Waals surface area contributed by atoms with Crippen LogP contribution in [0, 0.1) is 5.82 Å². The minimum atomic E-state index is -1.01. The standard InChI is InChI=1S/C14H15ClFNO4/c15-10-7-9(4-5-11(10)16)21-8-13(18)17-6-2-1-3-12(17)14(19)20/h4-5,7,12H,1-3,6,8H2,(H,19,20). The van der Waals surface area contributed by atoms with Crippen LogP contribution >= 0.6 is 11.6 Å². The lowest BCUT2D eigenvalue weighted by Crippen LogP contribution is -2.49. The summed E-state index contributed by atoms with van der Waals surface area (Å²) in [4.78, 5) is 24.5. The molecule has 0 aromatic heterocycles. The van der Waals surface area contributed by atoms with Crippen molar-refractivity contribution in [2.75, 3.05) is 13.2 Å². The minimum absolute atomic E-state index is 0.0960. The van der Waals surface area contributed by atoms with Crippen molar-refractivity contribution < 1.29 is 23.8 Å². The van der Waals surface area contributed by atoms with Crippen molar-refractivity contribution in [2.45, 2.75) is 25.3 Å². The van der Waals surface area contributed by atoms with Gasteiger partial charge in [0, 0.05) is 12.6 Å². The number of carbonyl (C=O) groups excluding carboxylic acids is 1. The molecule has 1 N–H and O–H groups in total. The molecule has 1 fully saturated rings. The highest BCUT2D eigenvalue weighted by Gasteiger charge is 2.31. The molecular formula is C14H15ClFNO4. The Balaban J connectivity index is 1.96. The number of aliphatic carboxylic acids is 1. The molecule has 1 unspecified atom stereocenters. The van der Waals surface area contributed by atoms with Gasteiger partial charge in [0.05, 0.1) is 5.02 Å². The summed E-state index contributed by atoms with van der Waals surface area (Å²) in [7, 11) is 0. The van der Waals surface area contributed by atoms with E-state index in [-0.39, 0.29) is 17.4 Å². The van der Waals surface area contributed by atoms with Gasteiger partial charge >= 0.3 is 5.97 Å². The van der Waals surface area contributed by atoms with Crippen LogP contribution in [0.2, 0.25) is 5.02 Å². The van der Waals surface area contributed by atoms with E-state index in [0.29, 0.717) is 13.0 Å². The van der Waals surface area contributed by atoms with Crippen LogP contribution in [0.3, 0.4) is 0 Å². The summed E-state index contributed by atoms with van der Waals surface area (Å²) in [6.45, 7) is 0.106. The minimum Gasteiger partial charge on any atom is -0.484 e. The number of carbonyl (C=O) groups is 2. The number of amides is 1. The highest BCUT2D eigenvalue weighted by atomic mass is 35.5. The topological polar surface area (TPSA) is 66.8 Å². The molecule has 2 rings (SSSR count). The zero-order chi connectivity index (χ0) is 15.4. The van der Waals surface area contributed by atoms with Crippen molar-refractivity contribution in [2.24, 2.45) is 0 Å². The lowest BCUT2D eigenvalue weighted by molar-refractivity contribution is -0.152. The molecule has 7 heteroatoms. The zero-order valence-electron chi connectivity index (χ0n) is 11.2. The van der Waals surface area contributed by atoms with Crippen LogP contribution < -0.4 is 4.74 Å². The summed E-state index contributed by atoms with van der Waals surface area (Å²) in [6.07, 6.45) is 2.01. The van der Waals surface area contributed by atoms with E-state index in [2.05, 4.69) is 0 Å². The van der Waals surface area contributed by atoms with Crippen LogP contribution in [-0.4, -0.2) is 41.1 Å². The van der Waals surface area contributed by atoms with Gasteiger partial charge in [-0.05, 0) is 31.4 Å². The van der Waals surface area contributed by atoms with Gasteiger partial charge in [-0.2, -0.15) is 0 Å². The molecule has 1 atom stereocenters. The first kappa shape index (κ1) is 15.6. The summed E-state index contributed by atoms with van der Waals surface area (Å²) in [6, 6.07) is 2.98. The molecule has 0 spiro atoms. The zero-order valence-corrected chi connectivity index (χ0v) is 12.0. The summed E-state index contributed by atoms with van der Waals surface area (Å²) in [5, 5.41) is 9.02. The first-order chi connectivity index (χ1) is 9.99. The lowest BCUT2D eigenvalue weighted by Gasteiger charge is -2.32. The molecule has 0 radical (unpaired) electrons. The molecule has 1 saturated heterocycles. The number of hydrogen-bond donors (Lipinski definition) is 1. The molecule has 1 aliphatic rings. The highest BCUT2D eigenvalue weighted by Crippen LogP contribution is 2.22. The van der Waals surface area contributed by atoms with E-state index in [1.54, 1.807) is 0 Å². The number of likely N-dealkylation sites (tertiary alicyclic amines) is 1. The smallest absolute Gasteiger partial charge is 0.326 e. The number of benzene rings is 1. The van der Waals surface area contributed by atoms with Crippen molar-refractivity contribution in [3.8, 4) is 5.75 Å². The van der Waals surface area contributed by atoms with E-state index in [1.807, 2.05) is 0 Å². The Labute approximate surface area is 126 Å². The Bertz CT molecular complexity index is 552. The number of ether oxygens (including phenoxy) is 1. The highest BCUT2D eigenvalue weighted by molar-refractivity contribution is 6.30. The van der Waals surface area contributed by atoms with E-state index >= 15 is 0 Å². The Morgan fingerprint density at radius 3 is 2.86 bits per heavy atom. The Morgan fingerprint density at radius 1 is 1.43 bits per heavy atom. The van der Waals surface area contributed by atoms with Crippen LogP contribution in [0.1, 0.15) is 19.3 Å². The number of nitrogens with zero attached hydrogens (tertiary/aromatic N) is 1. The Hall–Kier alpha value is -1.82. The van der Waals surface area contributed by atoms with Gasteiger partial charge in [0.2, 0.25) is 0 Å².